The second kappa shape index (κ2) is 17.6. The van der Waals surface area contributed by atoms with Crippen molar-refractivity contribution in [2.45, 2.75) is 32.8 Å². The van der Waals surface area contributed by atoms with Crippen LogP contribution < -0.4 is 10.5 Å². The minimum atomic E-state index is -0.465. The van der Waals surface area contributed by atoms with Crippen LogP contribution in [0.2, 0.25) is 0 Å². The molecule has 0 fully saturated rings. The van der Waals surface area contributed by atoms with Crippen molar-refractivity contribution < 1.29 is 38.0 Å². The summed E-state index contributed by atoms with van der Waals surface area (Å²) in [5.41, 5.74) is 5.94. The van der Waals surface area contributed by atoms with Crippen molar-refractivity contribution in [3.05, 3.63) is 24.3 Å². The summed E-state index contributed by atoms with van der Waals surface area (Å²) in [7, 11) is 0. The second-order valence-corrected chi connectivity index (χ2v) is 7.78. The van der Waals surface area contributed by atoms with Crippen LogP contribution in [0.15, 0.2) is 24.3 Å². The average Bonchev–Trinajstić information content (AvgIpc) is 2.72. The Bertz CT molecular complexity index is 606. The number of nitrogens with two attached hydrogens (primary N) is 1. The number of rotatable bonds is 19. The summed E-state index contributed by atoms with van der Waals surface area (Å²) in [6.45, 7) is 10.6. The number of benzene rings is 1. The molecule has 0 aliphatic heterocycles. The first-order chi connectivity index (χ1) is 15.4. The maximum absolute atomic E-state index is 11.5. The molecule has 2 N–H and O–H groups in total. The Kier molecular flexibility index (Phi) is 15.5. The lowest BCUT2D eigenvalue weighted by molar-refractivity contribution is -0.156. The molecule has 0 unspecified atom stereocenters. The Morgan fingerprint density at radius 1 is 0.719 bits per heavy atom. The van der Waals surface area contributed by atoms with Gasteiger partial charge in [0.25, 0.3) is 0 Å². The molecule has 0 atom stereocenters. The van der Waals surface area contributed by atoms with Crippen molar-refractivity contribution in [1.29, 1.82) is 0 Å². The van der Waals surface area contributed by atoms with Gasteiger partial charge < -0.3 is 38.9 Å². The summed E-state index contributed by atoms with van der Waals surface area (Å²) in [6, 6.07) is 7.36. The molecule has 1 aromatic carbocycles. The van der Waals surface area contributed by atoms with Crippen molar-refractivity contribution in [2.75, 3.05) is 78.4 Å². The molecule has 0 aliphatic rings. The Labute approximate surface area is 191 Å². The molecule has 1 rings (SSSR count). The second-order valence-electron chi connectivity index (χ2n) is 7.78. The molecule has 9 nitrogen and oxygen atoms in total. The highest BCUT2D eigenvalue weighted by Gasteiger charge is 2.15. The van der Waals surface area contributed by atoms with Gasteiger partial charge in [-0.1, -0.05) is 12.1 Å². The lowest BCUT2D eigenvalue weighted by Gasteiger charge is -2.19. The number of esters is 1. The summed E-state index contributed by atoms with van der Waals surface area (Å²) in [5.74, 6) is 0.405. The molecule has 32 heavy (non-hydrogen) atoms. The zero-order valence-electron chi connectivity index (χ0n) is 19.6. The number of carbonyl (C=O) groups is 1. The molecular weight excluding hydrogens is 418 g/mol. The predicted molar refractivity (Wildman–Crippen MR) is 121 cm³/mol. The van der Waals surface area contributed by atoms with E-state index in [0.717, 1.165) is 0 Å². The highest BCUT2D eigenvalue weighted by atomic mass is 16.6. The summed E-state index contributed by atoms with van der Waals surface area (Å²) in [6.07, 6.45) is 0.238. The van der Waals surface area contributed by atoms with E-state index in [1.165, 1.54) is 0 Å². The van der Waals surface area contributed by atoms with Crippen LogP contribution in [0, 0.1) is 0 Å². The van der Waals surface area contributed by atoms with Crippen LogP contribution in [0.5, 0.6) is 5.75 Å². The van der Waals surface area contributed by atoms with Crippen molar-refractivity contribution in [2.24, 2.45) is 0 Å². The van der Waals surface area contributed by atoms with E-state index in [9.17, 15) is 4.79 Å². The van der Waals surface area contributed by atoms with Crippen LogP contribution in [0.25, 0.3) is 0 Å². The van der Waals surface area contributed by atoms with Crippen molar-refractivity contribution in [3.8, 4) is 5.75 Å². The maximum atomic E-state index is 11.5. The van der Waals surface area contributed by atoms with Gasteiger partial charge >= 0.3 is 5.97 Å². The van der Waals surface area contributed by atoms with Gasteiger partial charge in [0.1, 0.15) is 18.0 Å². The lowest BCUT2D eigenvalue weighted by Crippen LogP contribution is -2.24. The summed E-state index contributed by atoms with van der Waals surface area (Å²) in [5, 5.41) is 0. The molecule has 0 bridgehead atoms. The number of hydrogen-bond donors (Lipinski definition) is 1. The smallest absolute Gasteiger partial charge is 0.308 e. The minimum absolute atomic E-state index is 0.238. The Morgan fingerprint density at radius 2 is 1.16 bits per heavy atom. The fourth-order valence-electron chi connectivity index (χ4n) is 2.35. The van der Waals surface area contributed by atoms with Gasteiger partial charge in [0.2, 0.25) is 0 Å². The first-order valence-corrected chi connectivity index (χ1v) is 11.0. The molecule has 0 amide bonds. The highest BCUT2D eigenvalue weighted by Crippen LogP contribution is 2.19. The molecule has 0 spiro atoms. The fourth-order valence-corrected chi connectivity index (χ4v) is 2.35. The van der Waals surface area contributed by atoms with Gasteiger partial charge in [-0.3, -0.25) is 4.79 Å². The Morgan fingerprint density at radius 3 is 1.62 bits per heavy atom. The number of para-hydroxylation sites is 2. The van der Waals surface area contributed by atoms with Crippen LogP contribution in [0.3, 0.4) is 0 Å². The van der Waals surface area contributed by atoms with Gasteiger partial charge in [-0.2, -0.15) is 0 Å². The summed E-state index contributed by atoms with van der Waals surface area (Å²) >= 11 is 0. The summed E-state index contributed by atoms with van der Waals surface area (Å²) in [4.78, 5) is 11.5. The van der Waals surface area contributed by atoms with E-state index in [0.29, 0.717) is 84.1 Å². The van der Waals surface area contributed by atoms with E-state index < -0.39 is 5.60 Å². The molecular formula is C23H39NO8. The van der Waals surface area contributed by atoms with Crippen LogP contribution in [-0.2, 0) is 33.2 Å². The molecule has 0 aromatic heterocycles. The van der Waals surface area contributed by atoms with Crippen LogP contribution in [0.1, 0.15) is 27.2 Å². The SMILES string of the molecule is CC(C)(C)OC(=O)CCOCCOCCOCCOCCOCCOc1ccccc1N. The average molecular weight is 458 g/mol. The third-order valence-electron chi connectivity index (χ3n) is 3.76. The van der Waals surface area contributed by atoms with E-state index in [2.05, 4.69) is 0 Å². The topological polar surface area (TPSA) is 108 Å². The quantitative estimate of drug-likeness (QED) is 0.190. The molecule has 0 saturated carbocycles. The van der Waals surface area contributed by atoms with Gasteiger partial charge in [-0.15, -0.1) is 0 Å². The molecule has 0 heterocycles. The van der Waals surface area contributed by atoms with Crippen molar-refractivity contribution >= 4 is 11.7 Å². The first-order valence-electron chi connectivity index (χ1n) is 11.0. The van der Waals surface area contributed by atoms with E-state index in [-0.39, 0.29) is 12.4 Å². The van der Waals surface area contributed by atoms with Gasteiger partial charge in [-0.05, 0) is 32.9 Å². The molecule has 184 valence electrons. The molecule has 0 aliphatic carbocycles. The zero-order valence-corrected chi connectivity index (χ0v) is 19.6. The van der Waals surface area contributed by atoms with Crippen molar-refractivity contribution in [3.63, 3.8) is 0 Å². The molecule has 0 radical (unpaired) electrons. The lowest BCUT2D eigenvalue weighted by atomic mass is 10.2. The largest absolute Gasteiger partial charge is 0.489 e. The van der Waals surface area contributed by atoms with Crippen LogP contribution >= 0.6 is 0 Å². The Balaban J connectivity index is 1.75. The van der Waals surface area contributed by atoms with E-state index in [1.807, 2.05) is 39.0 Å². The Hall–Kier alpha value is -1.91. The zero-order chi connectivity index (χ0) is 23.5. The van der Waals surface area contributed by atoms with Gasteiger partial charge in [-0.25, -0.2) is 0 Å². The van der Waals surface area contributed by atoms with Gasteiger partial charge in [0.15, 0.2) is 0 Å². The van der Waals surface area contributed by atoms with Crippen LogP contribution in [-0.4, -0.2) is 84.2 Å². The third kappa shape index (κ3) is 16.7. The molecule has 9 heteroatoms. The number of anilines is 1. The monoisotopic (exact) mass is 457 g/mol. The minimum Gasteiger partial charge on any atom is -0.489 e. The maximum Gasteiger partial charge on any atom is 0.308 e. The fraction of sp³-hybridized carbons (Fsp3) is 0.696. The number of hydrogen-bond acceptors (Lipinski definition) is 9. The standard InChI is InChI=1S/C23H39NO8/c1-23(2,3)32-22(25)8-9-26-10-11-27-12-13-28-14-15-29-16-17-30-18-19-31-21-7-5-4-6-20(21)24/h4-7H,8-19,24H2,1-3H3. The van der Waals surface area contributed by atoms with Gasteiger partial charge in [0, 0.05) is 0 Å². The normalized spacial score (nSPS) is 11.5. The van der Waals surface area contributed by atoms with E-state index in [4.69, 9.17) is 38.9 Å². The van der Waals surface area contributed by atoms with Gasteiger partial charge in [0.05, 0.1) is 78.2 Å². The number of ether oxygens (including phenoxy) is 7. The third-order valence-corrected chi connectivity index (χ3v) is 3.76. The predicted octanol–water partition coefficient (Wildman–Crippen LogP) is 2.46. The van der Waals surface area contributed by atoms with E-state index in [1.54, 1.807) is 6.07 Å². The van der Waals surface area contributed by atoms with E-state index >= 15 is 0 Å². The van der Waals surface area contributed by atoms with Crippen molar-refractivity contribution in [1.82, 2.24) is 0 Å². The first kappa shape index (κ1) is 28.1. The molecule has 1 aromatic rings. The van der Waals surface area contributed by atoms with Crippen LogP contribution in [0.4, 0.5) is 5.69 Å². The summed E-state index contributed by atoms with van der Waals surface area (Å²) < 4.78 is 37.8. The number of nitrogen functional groups attached to an aromatic ring is 1. The highest BCUT2D eigenvalue weighted by molar-refractivity contribution is 5.69. The number of carbonyl (C=O) groups excluding carboxylic acids is 1. The molecule has 0 saturated heterocycles.